The van der Waals surface area contributed by atoms with Gasteiger partial charge in [-0.15, -0.1) is 0 Å². The van der Waals surface area contributed by atoms with Crippen LogP contribution in [-0.2, 0) is 0 Å². The minimum atomic E-state index is -0.512. The van der Waals surface area contributed by atoms with Crippen LogP contribution in [0, 0.1) is 15.9 Å². The Morgan fingerprint density at radius 1 is 1.35 bits per heavy atom. The van der Waals surface area contributed by atoms with Gasteiger partial charge in [0.2, 0.25) is 0 Å². The first-order valence-corrected chi connectivity index (χ1v) is 7.72. The summed E-state index contributed by atoms with van der Waals surface area (Å²) in [6, 6.07) is 9.54. The molecule has 0 aromatic heterocycles. The predicted octanol–water partition coefficient (Wildman–Crippen LogP) is 4.38. The lowest BCUT2D eigenvalue weighted by Gasteiger charge is -2.18. The van der Waals surface area contributed by atoms with E-state index in [4.69, 9.17) is 0 Å². The van der Waals surface area contributed by atoms with Crippen LogP contribution in [0.15, 0.2) is 46.9 Å². The Morgan fingerprint density at radius 2 is 2.09 bits per heavy atom. The van der Waals surface area contributed by atoms with Crippen molar-refractivity contribution in [3.63, 3.8) is 0 Å². The minimum absolute atomic E-state index is 0.0397. The maximum absolute atomic E-state index is 13.3. The van der Waals surface area contributed by atoms with Gasteiger partial charge in [0.25, 0.3) is 11.6 Å². The van der Waals surface area contributed by atoms with Gasteiger partial charge in [0, 0.05) is 16.6 Å². The summed E-state index contributed by atoms with van der Waals surface area (Å²) in [6.45, 7) is 1.85. The summed E-state index contributed by atoms with van der Waals surface area (Å²) >= 11 is 3.21. The third kappa shape index (κ3) is 4.13. The molecule has 2 rings (SSSR count). The van der Waals surface area contributed by atoms with E-state index in [0.717, 1.165) is 6.07 Å². The quantitative estimate of drug-likeness (QED) is 0.617. The number of amides is 1. The highest BCUT2D eigenvalue weighted by Gasteiger charge is 2.18. The third-order valence-electron chi connectivity index (χ3n) is 3.37. The molecule has 1 atom stereocenters. The van der Waals surface area contributed by atoms with Crippen molar-refractivity contribution in [3.05, 3.63) is 74.0 Å². The molecule has 23 heavy (non-hydrogen) atoms. The Morgan fingerprint density at radius 3 is 2.74 bits per heavy atom. The van der Waals surface area contributed by atoms with Gasteiger partial charge in [-0.1, -0.05) is 19.1 Å². The number of nitro benzene ring substituents is 1. The molecule has 1 amide bonds. The number of hydrogen-bond acceptors (Lipinski definition) is 3. The second kappa shape index (κ2) is 7.32. The molecule has 0 heterocycles. The largest absolute Gasteiger partial charge is 0.345 e. The standard InChI is InChI=1S/C16H14BrFN2O3/c1-2-15(10-4-3-5-12(8-10)20(22)23)19-16(21)13-9-11(18)6-7-14(13)17/h3-9,15H,2H2,1H3,(H,19,21)/t15-/m0/s1. The molecule has 0 unspecified atom stereocenters. The Kier molecular flexibility index (Phi) is 5.44. The summed E-state index contributed by atoms with van der Waals surface area (Å²) < 4.78 is 13.8. The fourth-order valence-electron chi connectivity index (χ4n) is 2.18. The van der Waals surface area contributed by atoms with Crippen molar-refractivity contribution in [2.45, 2.75) is 19.4 Å². The highest BCUT2D eigenvalue weighted by Crippen LogP contribution is 2.23. The SMILES string of the molecule is CC[C@H](NC(=O)c1cc(F)ccc1Br)c1cccc([N+](=O)[O-])c1. The zero-order chi connectivity index (χ0) is 17.0. The molecule has 0 saturated carbocycles. The van der Waals surface area contributed by atoms with Crippen molar-refractivity contribution >= 4 is 27.5 Å². The summed E-state index contributed by atoms with van der Waals surface area (Å²) in [7, 11) is 0. The van der Waals surface area contributed by atoms with Gasteiger partial charge in [-0.2, -0.15) is 0 Å². The van der Waals surface area contributed by atoms with Crippen molar-refractivity contribution in [1.29, 1.82) is 0 Å². The van der Waals surface area contributed by atoms with Crippen LogP contribution in [0.4, 0.5) is 10.1 Å². The first-order chi connectivity index (χ1) is 10.9. The van der Waals surface area contributed by atoms with Gasteiger partial charge in [-0.25, -0.2) is 4.39 Å². The number of carbonyl (C=O) groups excluding carboxylic acids is 1. The van der Waals surface area contributed by atoms with Crippen LogP contribution < -0.4 is 5.32 Å². The summed E-state index contributed by atoms with van der Waals surface area (Å²) in [6.07, 6.45) is 0.542. The van der Waals surface area contributed by atoms with E-state index >= 15 is 0 Å². The van der Waals surface area contributed by atoms with E-state index in [9.17, 15) is 19.3 Å². The molecular weight excluding hydrogens is 367 g/mol. The van der Waals surface area contributed by atoms with Crippen LogP contribution in [-0.4, -0.2) is 10.8 Å². The molecule has 7 heteroatoms. The van der Waals surface area contributed by atoms with E-state index in [-0.39, 0.29) is 11.3 Å². The maximum Gasteiger partial charge on any atom is 0.269 e. The molecule has 0 spiro atoms. The van der Waals surface area contributed by atoms with E-state index in [2.05, 4.69) is 21.2 Å². The summed E-state index contributed by atoms with van der Waals surface area (Å²) in [5.74, 6) is -0.962. The van der Waals surface area contributed by atoms with E-state index in [1.807, 2.05) is 6.92 Å². The topological polar surface area (TPSA) is 72.2 Å². The van der Waals surface area contributed by atoms with Crippen LogP contribution in [0.25, 0.3) is 0 Å². The first kappa shape index (κ1) is 17.1. The van der Waals surface area contributed by atoms with Gasteiger partial charge >= 0.3 is 0 Å². The monoisotopic (exact) mass is 380 g/mol. The number of nitro groups is 1. The third-order valence-corrected chi connectivity index (χ3v) is 4.06. The average molecular weight is 381 g/mol. The lowest BCUT2D eigenvalue weighted by molar-refractivity contribution is -0.384. The van der Waals surface area contributed by atoms with Crippen LogP contribution in [0.2, 0.25) is 0 Å². The van der Waals surface area contributed by atoms with Crippen molar-refractivity contribution in [2.24, 2.45) is 0 Å². The Bertz CT molecular complexity index is 752. The molecule has 0 radical (unpaired) electrons. The fraction of sp³-hybridized carbons (Fsp3) is 0.188. The number of carbonyl (C=O) groups is 1. The molecule has 0 aliphatic rings. The van der Waals surface area contributed by atoms with Crippen molar-refractivity contribution in [3.8, 4) is 0 Å². The van der Waals surface area contributed by atoms with E-state index < -0.39 is 22.7 Å². The number of halogens is 2. The number of non-ortho nitro benzene ring substituents is 1. The second-order valence-corrected chi connectivity index (χ2v) is 5.76. The molecule has 1 N–H and O–H groups in total. The van der Waals surface area contributed by atoms with Crippen molar-refractivity contribution in [1.82, 2.24) is 5.32 Å². The van der Waals surface area contributed by atoms with E-state index in [0.29, 0.717) is 16.5 Å². The lowest BCUT2D eigenvalue weighted by Crippen LogP contribution is -2.28. The Labute approximate surface area is 140 Å². The first-order valence-electron chi connectivity index (χ1n) is 6.92. The average Bonchev–Trinajstić information content (AvgIpc) is 2.54. The fourth-order valence-corrected chi connectivity index (χ4v) is 2.61. The number of nitrogens with zero attached hydrogens (tertiary/aromatic N) is 1. The van der Waals surface area contributed by atoms with Gasteiger partial charge in [-0.3, -0.25) is 14.9 Å². The summed E-state index contributed by atoms with van der Waals surface area (Å²) in [5.41, 5.74) is 0.763. The molecule has 2 aromatic carbocycles. The normalized spacial score (nSPS) is 11.8. The van der Waals surface area contributed by atoms with Crippen molar-refractivity contribution in [2.75, 3.05) is 0 Å². The molecule has 0 aliphatic heterocycles. The molecule has 2 aromatic rings. The zero-order valence-corrected chi connectivity index (χ0v) is 13.8. The molecule has 0 fully saturated rings. The van der Waals surface area contributed by atoms with E-state index in [1.54, 1.807) is 12.1 Å². The number of hydrogen-bond donors (Lipinski definition) is 1. The molecule has 0 bridgehead atoms. The lowest BCUT2D eigenvalue weighted by atomic mass is 10.0. The predicted molar refractivity (Wildman–Crippen MR) is 87.7 cm³/mol. The summed E-state index contributed by atoms with van der Waals surface area (Å²) in [4.78, 5) is 22.7. The van der Waals surface area contributed by atoms with Gasteiger partial charge in [0.15, 0.2) is 0 Å². The minimum Gasteiger partial charge on any atom is -0.345 e. The van der Waals surface area contributed by atoms with Crippen LogP contribution >= 0.6 is 15.9 Å². The number of nitrogens with one attached hydrogen (secondary N) is 1. The molecular formula is C16H14BrFN2O3. The van der Waals surface area contributed by atoms with Crippen LogP contribution in [0.3, 0.4) is 0 Å². The van der Waals surface area contributed by atoms with Gasteiger partial charge < -0.3 is 5.32 Å². The Balaban J connectivity index is 2.25. The molecule has 0 saturated heterocycles. The van der Waals surface area contributed by atoms with Crippen molar-refractivity contribution < 1.29 is 14.1 Å². The summed E-state index contributed by atoms with van der Waals surface area (Å²) in [5, 5.41) is 13.6. The Hall–Kier alpha value is -2.28. The number of benzene rings is 2. The molecule has 0 aliphatic carbocycles. The maximum atomic E-state index is 13.3. The number of rotatable bonds is 5. The molecule has 120 valence electrons. The van der Waals surface area contributed by atoms with Crippen LogP contribution in [0.1, 0.15) is 35.3 Å². The van der Waals surface area contributed by atoms with E-state index in [1.165, 1.54) is 24.3 Å². The van der Waals surface area contributed by atoms with Gasteiger partial charge in [-0.05, 0) is 46.1 Å². The van der Waals surface area contributed by atoms with Gasteiger partial charge in [0.05, 0.1) is 16.5 Å². The highest BCUT2D eigenvalue weighted by atomic mass is 79.9. The highest BCUT2D eigenvalue weighted by molar-refractivity contribution is 9.10. The second-order valence-electron chi connectivity index (χ2n) is 4.91. The van der Waals surface area contributed by atoms with Gasteiger partial charge in [0.1, 0.15) is 5.82 Å². The molecule has 5 nitrogen and oxygen atoms in total. The smallest absolute Gasteiger partial charge is 0.269 e. The zero-order valence-electron chi connectivity index (χ0n) is 12.3. The van der Waals surface area contributed by atoms with Crippen LogP contribution in [0.5, 0.6) is 0 Å².